The first kappa shape index (κ1) is 16.7. The maximum absolute atomic E-state index is 6.22. The standard InChI is InChI=1S/C14H11Cl2N5.ClH/c15-12-5-1-4-11(13(12)16)14-18-19-20-21(14)8-6-10-3-2-7-17-9-10;/h1-5,7,9H,6,8H2;1H. The van der Waals surface area contributed by atoms with E-state index in [1.54, 1.807) is 16.9 Å². The molecule has 0 fully saturated rings. The summed E-state index contributed by atoms with van der Waals surface area (Å²) in [7, 11) is 0. The van der Waals surface area contributed by atoms with Crippen molar-refractivity contribution in [1.82, 2.24) is 25.2 Å². The first-order chi connectivity index (χ1) is 10.3. The molecule has 0 N–H and O–H groups in total. The average molecular weight is 357 g/mol. The molecule has 22 heavy (non-hydrogen) atoms. The van der Waals surface area contributed by atoms with Crippen LogP contribution in [0.25, 0.3) is 11.4 Å². The fourth-order valence-corrected chi connectivity index (χ4v) is 2.39. The van der Waals surface area contributed by atoms with E-state index in [0.29, 0.717) is 22.4 Å². The van der Waals surface area contributed by atoms with Crippen molar-refractivity contribution in [1.29, 1.82) is 0 Å². The molecule has 0 atom stereocenters. The first-order valence-corrected chi connectivity index (χ1v) is 7.11. The zero-order valence-corrected chi connectivity index (χ0v) is 13.7. The van der Waals surface area contributed by atoms with Gasteiger partial charge in [-0.25, -0.2) is 4.68 Å². The summed E-state index contributed by atoms with van der Waals surface area (Å²) in [6.07, 6.45) is 4.36. The van der Waals surface area contributed by atoms with Gasteiger partial charge in [0.15, 0.2) is 5.82 Å². The minimum atomic E-state index is 0. The minimum absolute atomic E-state index is 0. The smallest absolute Gasteiger partial charge is 0.183 e. The van der Waals surface area contributed by atoms with Crippen LogP contribution < -0.4 is 0 Å². The molecular formula is C14H12Cl3N5. The van der Waals surface area contributed by atoms with E-state index in [1.165, 1.54) is 0 Å². The summed E-state index contributed by atoms with van der Waals surface area (Å²) in [5.74, 6) is 0.603. The van der Waals surface area contributed by atoms with Crippen molar-refractivity contribution in [3.63, 3.8) is 0 Å². The van der Waals surface area contributed by atoms with Gasteiger partial charge in [0.2, 0.25) is 0 Å². The highest BCUT2D eigenvalue weighted by Crippen LogP contribution is 2.31. The summed E-state index contributed by atoms with van der Waals surface area (Å²) in [5, 5.41) is 12.7. The lowest BCUT2D eigenvalue weighted by atomic mass is 10.2. The van der Waals surface area contributed by atoms with Gasteiger partial charge < -0.3 is 0 Å². The number of tetrazole rings is 1. The SMILES string of the molecule is Cl.Clc1cccc(-c2nnnn2CCc2cccnc2)c1Cl. The van der Waals surface area contributed by atoms with Gasteiger partial charge in [0, 0.05) is 24.5 Å². The summed E-state index contributed by atoms with van der Waals surface area (Å²) in [6.45, 7) is 0.636. The van der Waals surface area contributed by atoms with E-state index in [4.69, 9.17) is 23.2 Å². The minimum Gasteiger partial charge on any atom is -0.264 e. The molecule has 0 saturated carbocycles. The third kappa shape index (κ3) is 3.55. The predicted octanol–water partition coefficient (Wildman–Crippen LogP) is 3.71. The molecule has 1 aromatic carbocycles. The van der Waals surface area contributed by atoms with Gasteiger partial charge >= 0.3 is 0 Å². The molecule has 5 nitrogen and oxygen atoms in total. The summed E-state index contributed by atoms with van der Waals surface area (Å²) < 4.78 is 1.71. The molecule has 0 saturated heterocycles. The van der Waals surface area contributed by atoms with E-state index in [0.717, 1.165) is 17.5 Å². The number of benzene rings is 1. The third-order valence-corrected chi connectivity index (χ3v) is 3.88. The van der Waals surface area contributed by atoms with Gasteiger partial charge in [-0.3, -0.25) is 4.98 Å². The lowest BCUT2D eigenvalue weighted by Gasteiger charge is -2.07. The topological polar surface area (TPSA) is 56.5 Å². The summed E-state index contributed by atoms with van der Waals surface area (Å²) in [4.78, 5) is 4.09. The second-order valence-electron chi connectivity index (χ2n) is 4.44. The monoisotopic (exact) mass is 355 g/mol. The molecule has 0 bridgehead atoms. The molecule has 2 aromatic heterocycles. The van der Waals surface area contributed by atoms with Crippen LogP contribution in [0.5, 0.6) is 0 Å². The Morgan fingerprint density at radius 1 is 1.09 bits per heavy atom. The number of rotatable bonds is 4. The number of halogens is 3. The molecule has 3 aromatic rings. The lowest BCUT2D eigenvalue weighted by molar-refractivity contribution is 0.593. The van der Waals surface area contributed by atoms with Gasteiger partial charge in [0.1, 0.15) is 0 Å². The lowest BCUT2D eigenvalue weighted by Crippen LogP contribution is -2.06. The van der Waals surface area contributed by atoms with Crippen LogP contribution in [-0.2, 0) is 13.0 Å². The van der Waals surface area contributed by atoms with E-state index in [1.807, 2.05) is 30.5 Å². The fraction of sp³-hybridized carbons (Fsp3) is 0.143. The van der Waals surface area contributed by atoms with Crippen molar-refractivity contribution in [2.45, 2.75) is 13.0 Å². The molecule has 0 aliphatic carbocycles. The molecule has 2 heterocycles. The molecule has 0 aliphatic heterocycles. The molecule has 0 spiro atoms. The van der Waals surface area contributed by atoms with Crippen LogP contribution in [0.15, 0.2) is 42.7 Å². The van der Waals surface area contributed by atoms with Crippen molar-refractivity contribution in [3.05, 3.63) is 58.3 Å². The Hall–Kier alpha value is -1.69. The summed E-state index contributed by atoms with van der Waals surface area (Å²) in [5.41, 5.74) is 1.84. The normalized spacial score (nSPS) is 10.3. The quantitative estimate of drug-likeness (QED) is 0.715. The molecule has 8 heteroatoms. The Bertz CT molecular complexity index is 745. The van der Waals surface area contributed by atoms with Gasteiger partial charge in [0.05, 0.1) is 10.0 Å². The van der Waals surface area contributed by atoms with E-state index < -0.39 is 0 Å². The second kappa shape index (κ2) is 7.54. The molecule has 0 amide bonds. The van der Waals surface area contributed by atoms with Gasteiger partial charge in [-0.2, -0.15) is 0 Å². The van der Waals surface area contributed by atoms with Crippen molar-refractivity contribution in [2.75, 3.05) is 0 Å². The number of nitrogens with zero attached hydrogens (tertiary/aromatic N) is 5. The maximum atomic E-state index is 6.22. The predicted molar refractivity (Wildman–Crippen MR) is 88.5 cm³/mol. The maximum Gasteiger partial charge on any atom is 0.183 e. The summed E-state index contributed by atoms with van der Waals surface area (Å²) >= 11 is 12.3. The highest BCUT2D eigenvalue weighted by atomic mass is 35.5. The van der Waals surface area contributed by atoms with E-state index in [-0.39, 0.29) is 12.4 Å². The number of aryl methyl sites for hydroxylation is 2. The number of pyridine rings is 1. The summed E-state index contributed by atoms with van der Waals surface area (Å²) in [6, 6.07) is 9.33. The van der Waals surface area contributed by atoms with Gasteiger partial charge in [-0.15, -0.1) is 17.5 Å². The van der Waals surface area contributed by atoms with Crippen LogP contribution in [0.2, 0.25) is 10.0 Å². The van der Waals surface area contributed by atoms with Crippen LogP contribution >= 0.6 is 35.6 Å². The Morgan fingerprint density at radius 3 is 2.73 bits per heavy atom. The zero-order valence-electron chi connectivity index (χ0n) is 11.4. The highest BCUT2D eigenvalue weighted by Gasteiger charge is 2.14. The molecule has 0 aliphatic rings. The molecule has 3 rings (SSSR count). The molecular weight excluding hydrogens is 345 g/mol. The highest BCUT2D eigenvalue weighted by molar-refractivity contribution is 6.43. The van der Waals surface area contributed by atoms with Crippen LogP contribution in [-0.4, -0.2) is 25.2 Å². The largest absolute Gasteiger partial charge is 0.264 e. The molecule has 0 unspecified atom stereocenters. The van der Waals surface area contributed by atoms with Gasteiger partial charge in [-0.1, -0.05) is 35.3 Å². The van der Waals surface area contributed by atoms with Crippen molar-refractivity contribution in [3.8, 4) is 11.4 Å². The first-order valence-electron chi connectivity index (χ1n) is 6.35. The van der Waals surface area contributed by atoms with Gasteiger partial charge in [-0.05, 0) is 40.6 Å². The molecule has 114 valence electrons. The second-order valence-corrected chi connectivity index (χ2v) is 5.22. The van der Waals surface area contributed by atoms with Crippen molar-refractivity contribution >= 4 is 35.6 Å². The number of hydrogen-bond donors (Lipinski definition) is 0. The van der Waals surface area contributed by atoms with Crippen molar-refractivity contribution < 1.29 is 0 Å². The fourth-order valence-electron chi connectivity index (χ4n) is 2.01. The van der Waals surface area contributed by atoms with E-state index in [2.05, 4.69) is 20.5 Å². The van der Waals surface area contributed by atoms with Crippen molar-refractivity contribution in [2.24, 2.45) is 0 Å². The third-order valence-electron chi connectivity index (χ3n) is 3.06. The Kier molecular flexibility index (Phi) is 5.71. The Morgan fingerprint density at radius 2 is 1.95 bits per heavy atom. The molecule has 0 radical (unpaired) electrons. The van der Waals surface area contributed by atoms with Crippen LogP contribution in [0, 0.1) is 0 Å². The van der Waals surface area contributed by atoms with Gasteiger partial charge in [0.25, 0.3) is 0 Å². The number of hydrogen-bond acceptors (Lipinski definition) is 4. The zero-order chi connectivity index (χ0) is 14.7. The number of aromatic nitrogens is 5. The van der Waals surface area contributed by atoms with Crippen LogP contribution in [0.3, 0.4) is 0 Å². The van der Waals surface area contributed by atoms with Crippen LogP contribution in [0.4, 0.5) is 0 Å². The van der Waals surface area contributed by atoms with E-state index >= 15 is 0 Å². The average Bonchev–Trinajstić information content (AvgIpc) is 2.97. The Labute approximate surface area is 143 Å². The Balaban J connectivity index is 0.00000176. The van der Waals surface area contributed by atoms with E-state index in [9.17, 15) is 0 Å². The van der Waals surface area contributed by atoms with Crippen LogP contribution in [0.1, 0.15) is 5.56 Å².